The van der Waals surface area contributed by atoms with Crippen LogP contribution >= 0.6 is 11.6 Å². The Balaban J connectivity index is 1.88. The van der Waals surface area contributed by atoms with Crippen molar-refractivity contribution in [1.29, 1.82) is 0 Å². The molecule has 5 nitrogen and oxygen atoms in total. The summed E-state index contributed by atoms with van der Waals surface area (Å²) in [4.78, 5) is 19.2. The van der Waals surface area contributed by atoms with Crippen molar-refractivity contribution >= 4 is 34.2 Å². The number of hydrogen-bond donors (Lipinski definition) is 1. The summed E-state index contributed by atoms with van der Waals surface area (Å²) in [5.74, 6) is 0. The molecule has 1 N–H and O–H groups in total. The molecule has 0 aliphatic carbocycles. The number of amides is 2. The Hall–Kier alpha value is -2.63. The fourth-order valence-electron chi connectivity index (χ4n) is 3.18. The molecule has 2 amide bonds. The molecule has 0 fully saturated rings. The highest BCUT2D eigenvalue weighted by Crippen LogP contribution is 2.26. The highest BCUT2D eigenvalue weighted by Gasteiger charge is 2.18. The predicted octanol–water partition coefficient (Wildman–Crippen LogP) is 5.49. The van der Waals surface area contributed by atoms with Gasteiger partial charge in [0.1, 0.15) is 5.15 Å². The first-order chi connectivity index (χ1) is 13.9. The van der Waals surface area contributed by atoms with Crippen molar-refractivity contribution in [3.63, 3.8) is 0 Å². The summed E-state index contributed by atoms with van der Waals surface area (Å²) >= 11 is 6.50. The second kappa shape index (κ2) is 9.25. The smallest absolute Gasteiger partial charge is 0.322 e. The summed E-state index contributed by atoms with van der Waals surface area (Å²) in [6.45, 7) is 7.27. The van der Waals surface area contributed by atoms with Gasteiger partial charge in [0.2, 0.25) is 0 Å². The van der Waals surface area contributed by atoms with Gasteiger partial charge in [0.15, 0.2) is 0 Å². The molecule has 0 atom stereocenters. The van der Waals surface area contributed by atoms with Gasteiger partial charge in [0.25, 0.3) is 0 Å². The van der Waals surface area contributed by atoms with Crippen LogP contribution < -0.4 is 5.32 Å². The molecule has 0 aliphatic heterocycles. The van der Waals surface area contributed by atoms with Crippen molar-refractivity contribution < 1.29 is 9.53 Å². The van der Waals surface area contributed by atoms with Crippen LogP contribution in [0.25, 0.3) is 10.9 Å². The third kappa shape index (κ3) is 4.86. The van der Waals surface area contributed by atoms with E-state index in [-0.39, 0.29) is 6.03 Å². The zero-order chi connectivity index (χ0) is 21.0. The largest absolute Gasteiger partial charge is 0.383 e. The molecule has 3 aromatic rings. The van der Waals surface area contributed by atoms with Gasteiger partial charge in [0.05, 0.1) is 18.7 Å². The molecular formula is C23H26ClN3O2. The first-order valence-electron chi connectivity index (χ1n) is 9.56. The van der Waals surface area contributed by atoms with E-state index in [0.717, 1.165) is 33.3 Å². The Morgan fingerprint density at radius 1 is 1.14 bits per heavy atom. The maximum Gasteiger partial charge on any atom is 0.322 e. The van der Waals surface area contributed by atoms with Gasteiger partial charge < -0.3 is 15.0 Å². The maximum absolute atomic E-state index is 12.9. The Kier molecular flexibility index (Phi) is 6.72. The third-order valence-corrected chi connectivity index (χ3v) is 5.47. The van der Waals surface area contributed by atoms with Crippen molar-refractivity contribution in [2.75, 3.05) is 25.6 Å². The normalized spacial score (nSPS) is 10.9. The molecule has 0 bridgehead atoms. The zero-order valence-electron chi connectivity index (χ0n) is 17.3. The number of aromatic nitrogens is 1. The van der Waals surface area contributed by atoms with Crippen molar-refractivity contribution in [3.05, 3.63) is 69.9 Å². The van der Waals surface area contributed by atoms with Crippen molar-refractivity contribution in [2.45, 2.75) is 27.3 Å². The summed E-state index contributed by atoms with van der Waals surface area (Å²) in [6, 6.07) is 13.6. The lowest BCUT2D eigenvalue weighted by atomic mass is 10.0. The lowest BCUT2D eigenvalue weighted by molar-refractivity contribution is 0.153. The SMILES string of the molecule is COCCN(Cc1cc2ccc(C)c(C)c2nc1Cl)C(=O)Nc1ccccc1C. The quantitative estimate of drug-likeness (QED) is 0.545. The molecule has 1 aromatic heterocycles. The number of rotatable bonds is 6. The van der Waals surface area contributed by atoms with E-state index in [1.54, 1.807) is 12.0 Å². The Bertz CT molecular complexity index is 1040. The van der Waals surface area contributed by atoms with E-state index in [1.165, 1.54) is 5.56 Å². The monoisotopic (exact) mass is 411 g/mol. The van der Waals surface area contributed by atoms with E-state index in [4.69, 9.17) is 16.3 Å². The van der Waals surface area contributed by atoms with Gasteiger partial charge in [-0.1, -0.05) is 41.9 Å². The number of benzene rings is 2. The third-order valence-electron chi connectivity index (χ3n) is 5.14. The minimum Gasteiger partial charge on any atom is -0.383 e. The summed E-state index contributed by atoms with van der Waals surface area (Å²) in [5.41, 5.74) is 5.78. The Morgan fingerprint density at radius 3 is 2.62 bits per heavy atom. The fraction of sp³-hybridized carbons (Fsp3) is 0.304. The Morgan fingerprint density at radius 2 is 1.90 bits per heavy atom. The van der Waals surface area contributed by atoms with Gasteiger partial charge in [-0.3, -0.25) is 0 Å². The average molecular weight is 412 g/mol. The van der Waals surface area contributed by atoms with Crippen molar-refractivity contribution in [1.82, 2.24) is 9.88 Å². The van der Waals surface area contributed by atoms with Crippen LogP contribution in [0.4, 0.5) is 10.5 Å². The lowest BCUT2D eigenvalue weighted by Crippen LogP contribution is -2.37. The molecule has 2 aromatic carbocycles. The molecule has 152 valence electrons. The number of carbonyl (C=O) groups is 1. The van der Waals surface area contributed by atoms with Crippen LogP contribution in [-0.2, 0) is 11.3 Å². The minimum atomic E-state index is -0.201. The maximum atomic E-state index is 12.9. The standard InChI is InChI=1S/C23H26ClN3O2/c1-15-9-10-18-13-19(22(24)26-21(18)17(15)3)14-27(11-12-29-4)23(28)25-20-8-6-5-7-16(20)2/h5-10,13H,11-12,14H2,1-4H3,(H,25,28). The minimum absolute atomic E-state index is 0.201. The first kappa shape index (κ1) is 21.1. The molecule has 0 aliphatic rings. The number of nitrogens with zero attached hydrogens (tertiary/aromatic N) is 2. The molecule has 0 radical (unpaired) electrons. The van der Waals surface area contributed by atoms with Crippen LogP contribution in [0.1, 0.15) is 22.3 Å². The van der Waals surface area contributed by atoms with Crippen molar-refractivity contribution in [3.8, 4) is 0 Å². The van der Waals surface area contributed by atoms with Crippen LogP contribution in [0, 0.1) is 20.8 Å². The highest BCUT2D eigenvalue weighted by molar-refractivity contribution is 6.30. The number of methoxy groups -OCH3 is 1. The van der Waals surface area contributed by atoms with Crippen LogP contribution in [0.15, 0.2) is 42.5 Å². The van der Waals surface area contributed by atoms with E-state index in [1.807, 2.05) is 50.2 Å². The molecule has 3 rings (SSSR count). The molecule has 0 spiro atoms. The number of para-hydroxylation sites is 1. The molecule has 0 saturated heterocycles. The molecule has 6 heteroatoms. The summed E-state index contributed by atoms with van der Waals surface area (Å²) in [5, 5.41) is 4.41. The van der Waals surface area contributed by atoms with Gasteiger partial charge in [-0.15, -0.1) is 0 Å². The summed E-state index contributed by atoms with van der Waals surface area (Å²) in [6.07, 6.45) is 0. The van der Waals surface area contributed by atoms with E-state index in [0.29, 0.717) is 24.8 Å². The number of urea groups is 1. The van der Waals surface area contributed by atoms with Gasteiger partial charge in [-0.2, -0.15) is 0 Å². The van der Waals surface area contributed by atoms with E-state index >= 15 is 0 Å². The molecule has 0 unspecified atom stereocenters. The van der Waals surface area contributed by atoms with Crippen LogP contribution in [0.3, 0.4) is 0 Å². The molecule has 0 saturated carbocycles. The van der Waals surface area contributed by atoms with Crippen molar-refractivity contribution in [2.24, 2.45) is 0 Å². The van der Waals surface area contributed by atoms with Gasteiger partial charge in [0, 0.05) is 30.3 Å². The number of anilines is 1. The summed E-state index contributed by atoms with van der Waals surface area (Å²) < 4.78 is 5.19. The predicted molar refractivity (Wildman–Crippen MR) is 119 cm³/mol. The van der Waals surface area contributed by atoms with E-state index in [2.05, 4.69) is 23.3 Å². The number of ether oxygens (including phenoxy) is 1. The van der Waals surface area contributed by atoms with Crippen LogP contribution in [0.5, 0.6) is 0 Å². The van der Waals surface area contributed by atoms with Gasteiger partial charge in [-0.25, -0.2) is 9.78 Å². The fourth-order valence-corrected chi connectivity index (χ4v) is 3.38. The Labute approximate surface area is 176 Å². The van der Waals surface area contributed by atoms with Gasteiger partial charge in [-0.05, 0) is 49.6 Å². The number of aryl methyl sites for hydroxylation is 3. The first-order valence-corrected chi connectivity index (χ1v) is 9.94. The average Bonchev–Trinajstić information content (AvgIpc) is 2.70. The number of carbonyl (C=O) groups excluding carboxylic acids is 1. The van der Waals surface area contributed by atoms with Crippen LogP contribution in [0.2, 0.25) is 5.15 Å². The second-order valence-electron chi connectivity index (χ2n) is 7.18. The zero-order valence-corrected chi connectivity index (χ0v) is 18.0. The van der Waals surface area contributed by atoms with E-state index < -0.39 is 0 Å². The number of fused-ring (bicyclic) bond motifs is 1. The highest BCUT2D eigenvalue weighted by atomic mass is 35.5. The van der Waals surface area contributed by atoms with Crippen LogP contribution in [-0.4, -0.2) is 36.2 Å². The second-order valence-corrected chi connectivity index (χ2v) is 7.53. The number of hydrogen-bond acceptors (Lipinski definition) is 3. The summed E-state index contributed by atoms with van der Waals surface area (Å²) in [7, 11) is 1.62. The molecule has 29 heavy (non-hydrogen) atoms. The lowest BCUT2D eigenvalue weighted by Gasteiger charge is -2.24. The topological polar surface area (TPSA) is 54.5 Å². The molecular weight excluding hydrogens is 386 g/mol. The van der Waals surface area contributed by atoms with E-state index in [9.17, 15) is 4.79 Å². The molecule has 1 heterocycles. The number of nitrogens with one attached hydrogen (secondary N) is 1. The number of pyridine rings is 1. The number of halogens is 1. The van der Waals surface area contributed by atoms with Gasteiger partial charge >= 0.3 is 6.03 Å².